The number of sulfonamides is 1. The fourth-order valence-corrected chi connectivity index (χ4v) is 4.74. The molecule has 32 heavy (non-hydrogen) atoms. The number of hydrogen-bond acceptors (Lipinski definition) is 4. The van der Waals surface area contributed by atoms with Crippen molar-refractivity contribution in [1.82, 2.24) is 4.90 Å². The highest BCUT2D eigenvalue weighted by Crippen LogP contribution is 2.25. The lowest BCUT2D eigenvalue weighted by Gasteiger charge is -2.29. The van der Waals surface area contributed by atoms with Gasteiger partial charge in [0.25, 0.3) is 15.9 Å². The summed E-state index contributed by atoms with van der Waals surface area (Å²) in [6.45, 7) is 3.53. The molecule has 8 heteroatoms. The van der Waals surface area contributed by atoms with Gasteiger partial charge >= 0.3 is 0 Å². The predicted octanol–water partition coefficient (Wildman–Crippen LogP) is 4.22. The molecular formula is C24H23FN2O4S. The summed E-state index contributed by atoms with van der Waals surface area (Å²) in [5.74, 6) is -0.0679. The van der Waals surface area contributed by atoms with E-state index in [1.807, 2.05) is 25.1 Å². The standard InChI is InChI=1S/C24H23FN2O4S/c1-2-31-20-10-7-17-13-14-27(16-19(17)15-20)24(28)18-8-11-21(12-9-18)32(29,30)26-23-6-4-3-5-22(23)25/h3-12,15,26H,2,13-14,16H2,1H3. The van der Waals surface area contributed by atoms with E-state index in [2.05, 4.69) is 4.72 Å². The molecule has 166 valence electrons. The number of carbonyl (C=O) groups excluding carboxylic acids is 1. The number of fused-ring (bicyclic) bond motifs is 1. The maximum absolute atomic E-state index is 13.8. The van der Waals surface area contributed by atoms with Crippen molar-refractivity contribution >= 4 is 21.6 Å². The first-order valence-electron chi connectivity index (χ1n) is 10.3. The van der Waals surface area contributed by atoms with Crippen LogP contribution in [0.25, 0.3) is 0 Å². The molecule has 0 aromatic heterocycles. The molecule has 0 saturated heterocycles. The van der Waals surface area contributed by atoms with Crippen LogP contribution < -0.4 is 9.46 Å². The van der Waals surface area contributed by atoms with Gasteiger partial charge in [-0.2, -0.15) is 0 Å². The number of ether oxygens (including phenoxy) is 1. The van der Waals surface area contributed by atoms with Gasteiger partial charge in [-0.3, -0.25) is 9.52 Å². The van der Waals surface area contributed by atoms with Crippen LogP contribution in [0.3, 0.4) is 0 Å². The van der Waals surface area contributed by atoms with Gasteiger partial charge in [-0.25, -0.2) is 12.8 Å². The molecule has 4 rings (SSSR count). The quantitative estimate of drug-likeness (QED) is 0.605. The Bertz CT molecular complexity index is 1240. The monoisotopic (exact) mass is 454 g/mol. The normalized spacial score (nSPS) is 13.4. The lowest BCUT2D eigenvalue weighted by molar-refractivity contribution is 0.0734. The maximum Gasteiger partial charge on any atom is 0.261 e. The molecule has 0 radical (unpaired) electrons. The number of halogens is 1. The van der Waals surface area contributed by atoms with Crippen LogP contribution in [0.15, 0.2) is 71.6 Å². The van der Waals surface area contributed by atoms with E-state index in [1.165, 1.54) is 54.1 Å². The number of hydrogen-bond donors (Lipinski definition) is 1. The lowest BCUT2D eigenvalue weighted by Crippen LogP contribution is -2.36. The summed E-state index contributed by atoms with van der Waals surface area (Å²) in [5, 5.41) is 0. The van der Waals surface area contributed by atoms with Crippen LogP contribution in [-0.4, -0.2) is 32.4 Å². The average Bonchev–Trinajstić information content (AvgIpc) is 2.80. The highest BCUT2D eigenvalue weighted by atomic mass is 32.2. The molecule has 3 aromatic carbocycles. The molecule has 1 N–H and O–H groups in total. The van der Waals surface area contributed by atoms with E-state index in [4.69, 9.17) is 4.74 Å². The van der Waals surface area contributed by atoms with Crippen molar-refractivity contribution in [2.24, 2.45) is 0 Å². The fourth-order valence-electron chi connectivity index (χ4n) is 3.67. The SMILES string of the molecule is CCOc1ccc2c(c1)CN(C(=O)c1ccc(S(=O)(=O)Nc3ccccc3F)cc1)CC2. The van der Waals surface area contributed by atoms with Gasteiger partial charge in [0.1, 0.15) is 11.6 Å². The largest absolute Gasteiger partial charge is 0.494 e. The number of nitrogens with one attached hydrogen (secondary N) is 1. The van der Waals surface area contributed by atoms with E-state index in [9.17, 15) is 17.6 Å². The molecule has 0 fully saturated rings. The fraction of sp³-hybridized carbons (Fsp3) is 0.208. The number of amides is 1. The molecule has 6 nitrogen and oxygen atoms in total. The summed E-state index contributed by atoms with van der Waals surface area (Å²) >= 11 is 0. The Morgan fingerprint density at radius 1 is 1.06 bits per heavy atom. The van der Waals surface area contributed by atoms with Crippen molar-refractivity contribution in [2.75, 3.05) is 17.9 Å². The summed E-state index contributed by atoms with van der Waals surface area (Å²) in [6.07, 6.45) is 0.743. The summed E-state index contributed by atoms with van der Waals surface area (Å²) in [5.41, 5.74) is 2.49. The summed E-state index contributed by atoms with van der Waals surface area (Å²) in [6, 6.07) is 17.1. The van der Waals surface area contributed by atoms with Gasteiger partial charge in [-0.05, 0) is 73.0 Å². The van der Waals surface area contributed by atoms with Crippen molar-refractivity contribution in [2.45, 2.75) is 24.8 Å². The zero-order valence-electron chi connectivity index (χ0n) is 17.5. The van der Waals surface area contributed by atoms with Crippen LogP contribution >= 0.6 is 0 Å². The van der Waals surface area contributed by atoms with Gasteiger partial charge < -0.3 is 9.64 Å². The molecule has 0 atom stereocenters. The molecular weight excluding hydrogens is 431 g/mol. The minimum atomic E-state index is -3.98. The Kier molecular flexibility index (Phi) is 6.14. The van der Waals surface area contributed by atoms with Crippen molar-refractivity contribution in [1.29, 1.82) is 0 Å². The van der Waals surface area contributed by atoms with Gasteiger partial charge in [0.05, 0.1) is 17.2 Å². The topological polar surface area (TPSA) is 75.7 Å². The Labute approximate surface area is 186 Å². The molecule has 0 saturated carbocycles. The molecule has 1 amide bonds. The molecule has 1 heterocycles. The Morgan fingerprint density at radius 3 is 2.53 bits per heavy atom. The van der Waals surface area contributed by atoms with Gasteiger partial charge in [-0.1, -0.05) is 18.2 Å². The molecule has 0 aliphatic carbocycles. The van der Waals surface area contributed by atoms with E-state index < -0.39 is 15.8 Å². The molecule has 0 unspecified atom stereocenters. The molecule has 0 spiro atoms. The number of anilines is 1. The summed E-state index contributed by atoms with van der Waals surface area (Å²) in [7, 11) is -3.98. The van der Waals surface area contributed by atoms with Crippen molar-refractivity contribution in [3.63, 3.8) is 0 Å². The van der Waals surface area contributed by atoms with Gasteiger partial charge in [0, 0.05) is 18.7 Å². The first kappa shape index (κ1) is 21.8. The second-order valence-electron chi connectivity index (χ2n) is 7.45. The van der Waals surface area contributed by atoms with Gasteiger partial charge in [-0.15, -0.1) is 0 Å². The first-order valence-corrected chi connectivity index (χ1v) is 11.8. The van der Waals surface area contributed by atoms with E-state index in [1.54, 1.807) is 4.90 Å². The van der Waals surface area contributed by atoms with E-state index in [0.29, 0.717) is 25.3 Å². The number of rotatable bonds is 6. The average molecular weight is 455 g/mol. The van der Waals surface area contributed by atoms with Crippen molar-refractivity contribution in [3.05, 3.63) is 89.2 Å². The van der Waals surface area contributed by atoms with E-state index >= 15 is 0 Å². The number of carbonyl (C=O) groups is 1. The first-order chi connectivity index (χ1) is 15.4. The van der Waals surface area contributed by atoms with Crippen LogP contribution in [0, 0.1) is 5.82 Å². The van der Waals surface area contributed by atoms with E-state index in [0.717, 1.165) is 17.7 Å². The highest BCUT2D eigenvalue weighted by Gasteiger charge is 2.23. The maximum atomic E-state index is 13.8. The number of nitrogens with zero attached hydrogens (tertiary/aromatic N) is 1. The minimum Gasteiger partial charge on any atom is -0.494 e. The highest BCUT2D eigenvalue weighted by molar-refractivity contribution is 7.92. The van der Waals surface area contributed by atoms with Crippen LogP contribution in [0.5, 0.6) is 5.75 Å². The van der Waals surface area contributed by atoms with Gasteiger partial charge in [0.15, 0.2) is 0 Å². The summed E-state index contributed by atoms with van der Waals surface area (Å²) in [4.78, 5) is 14.7. The third-order valence-electron chi connectivity index (χ3n) is 5.32. The molecule has 1 aliphatic rings. The molecule has 0 bridgehead atoms. The van der Waals surface area contributed by atoms with Crippen molar-refractivity contribution in [3.8, 4) is 5.75 Å². The van der Waals surface area contributed by atoms with Crippen LogP contribution in [0.2, 0.25) is 0 Å². The molecule has 1 aliphatic heterocycles. The third kappa shape index (κ3) is 4.60. The summed E-state index contributed by atoms with van der Waals surface area (Å²) < 4.78 is 46.7. The number of para-hydroxylation sites is 1. The van der Waals surface area contributed by atoms with Gasteiger partial charge in [0.2, 0.25) is 0 Å². The van der Waals surface area contributed by atoms with Crippen LogP contribution in [0.1, 0.15) is 28.4 Å². The predicted molar refractivity (Wildman–Crippen MR) is 120 cm³/mol. The second-order valence-corrected chi connectivity index (χ2v) is 9.13. The van der Waals surface area contributed by atoms with Crippen molar-refractivity contribution < 1.29 is 22.3 Å². The Balaban J connectivity index is 1.49. The molecule has 3 aromatic rings. The zero-order chi connectivity index (χ0) is 22.7. The van der Waals surface area contributed by atoms with Crippen LogP contribution in [0.4, 0.5) is 10.1 Å². The smallest absolute Gasteiger partial charge is 0.261 e. The second kappa shape index (κ2) is 9.00. The third-order valence-corrected chi connectivity index (χ3v) is 6.70. The number of benzene rings is 3. The zero-order valence-corrected chi connectivity index (χ0v) is 18.4. The minimum absolute atomic E-state index is 0.0531. The Morgan fingerprint density at radius 2 is 1.81 bits per heavy atom. The Hall–Kier alpha value is -3.39. The lowest BCUT2D eigenvalue weighted by atomic mass is 9.99. The van der Waals surface area contributed by atoms with E-state index in [-0.39, 0.29) is 16.5 Å². The van der Waals surface area contributed by atoms with Crippen LogP contribution in [-0.2, 0) is 23.0 Å².